The van der Waals surface area contributed by atoms with Crippen LogP contribution in [-0.4, -0.2) is 13.1 Å². The molecule has 1 saturated carbocycles. The fraction of sp³-hybridized carbons (Fsp3) is 0.875. The van der Waals surface area contributed by atoms with Gasteiger partial charge in [0, 0.05) is 6.42 Å². The Bertz CT molecular complexity index is 248. The van der Waals surface area contributed by atoms with Gasteiger partial charge in [-0.25, -0.2) is 0 Å². The van der Waals surface area contributed by atoms with Gasteiger partial charge in [0.2, 0.25) is 0 Å². The third-order valence-corrected chi connectivity index (χ3v) is 4.05. The quantitative estimate of drug-likeness (QED) is 0.545. The molecule has 3 unspecified atom stereocenters. The van der Waals surface area contributed by atoms with Crippen molar-refractivity contribution in [2.24, 2.45) is 17.8 Å². The summed E-state index contributed by atoms with van der Waals surface area (Å²) in [7, 11) is 0. The van der Waals surface area contributed by atoms with Crippen LogP contribution >= 0.6 is 0 Å². The zero-order valence-electron chi connectivity index (χ0n) is 11.9. The molecule has 0 saturated heterocycles. The highest BCUT2D eigenvalue weighted by atomic mass is 14.9. The van der Waals surface area contributed by atoms with Crippen molar-refractivity contribution in [3.8, 4) is 11.8 Å². The van der Waals surface area contributed by atoms with Gasteiger partial charge in [-0.15, -0.1) is 11.8 Å². The van der Waals surface area contributed by atoms with Gasteiger partial charge in [0.15, 0.2) is 0 Å². The minimum atomic E-state index is 0.899. The molecule has 0 bridgehead atoms. The maximum Gasteiger partial charge on any atom is 0.00913 e. The second-order valence-electron chi connectivity index (χ2n) is 5.61. The molecule has 0 heterocycles. The molecule has 1 nitrogen and oxygen atoms in total. The van der Waals surface area contributed by atoms with Crippen LogP contribution in [0.3, 0.4) is 0 Å². The molecule has 0 spiro atoms. The van der Waals surface area contributed by atoms with Gasteiger partial charge in [-0.1, -0.05) is 20.3 Å². The van der Waals surface area contributed by atoms with E-state index in [-0.39, 0.29) is 0 Å². The van der Waals surface area contributed by atoms with E-state index in [2.05, 4.69) is 31.0 Å². The van der Waals surface area contributed by atoms with Crippen molar-refractivity contribution in [2.75, 3.05) is 13.1 Å². The van der Waals surface area contributed by atoms with E-state index in [0.29, 0.717) is 0 Å². The van der Waals surface area contributed by atoms with Crippen molar-refractivity contribution in [3.05, 3.63) is 0 Å². The summed E-state index contributed by atoms with van der Waals surface area (Å²) in [4.78, 5) is 0. The Morgan fingerprint density at radius 2 is 2.06 bits per heavy atom. The smallest absolute Gasteiger partial charge is 0.00913 e. The number of hydrogen-bond donors (Lipinski definition) is 1. The van der Waals surface area contributed by atoms with E-state index >= 15 is 0 Å². The number of hydrogen-bond acceptors (Lipinski definition) is 1. The van der Waals surface area contributed by atoms with Gasteiger partial charge in [-0.3, -0.25) is 0 Å². The lowest BCUT2D eigenvalue weighted by molar-refractivity contribution is 0.176. The summed E-state index contributed by atoms with van der Waals surface area (Å²) in [5.74, 6) is 8.98. The normalized spacial score (nSPS) is 28.5. The molecule has 0 aromatic carbocycles. The van der Waals surface area contributed by atoms with Gasteiger partial charge >= 0.3 is 0 Å². The molecule has 1 aliphatic rings. The molecule has 3 atom stereocenters. The van der Waals surface area contributed by atoms with Crippen molar-refractivity contribution >= 4 is 0 Å². The first-order valence-corrected chi connectivity index (χ1v) is 7.38. The van der Waals surface area contributed by atoms with E-state index in [1.54, 1.807) is 0 Å². The van der Waals surface area contributed by atoms with E-state index in [1.807, 2.05) is 6.92 Å². The third-order valence-electron chi connectivity index (χ3n) is 4.05. The van der Waals surface area contributed by atoms with Crippen molar-refractivity contribution < 1.29 is 0 Å². The van der Waals surface area contributed by atoms with E-state index in [0.717, 1.165) is 24.2 Å². The summed E-state index contributed by atoms with van der Waals surface area (Å²) < 4.78 is 0. The fourth-order valence-electron chi connectivity index (χ4n) is 3.03. The summed E-state index contributed by atoms with van der Waals surface area (Å²) in [6, 6.07) is 0. The lowest BCUT2D eigenvalue weighted by atomic mass is 9.73. The van der Waals surface area contributed by atoms with E-state index < -0.39 is 0 Å². The van der Waals surface area contributed by atoms with Crippen LogP contribution in [0.5, 0.6) is 0 Å². The van der Waals surface area contributed by atoms with E-state index in [1.165, 1.54) is 45.2 Å². The van der Waals surface area contributed by atoms with Crippen LogP contribution in [0.1, 0.15) is 59.3 Å². The van der Waals surface area contributed by atoms with Crippen LogP contribution in [0.4, 0.5) is 0 Å². The first-order chi connectivity index (χ1) is 8.27. The van der Waals surface area contributed by atoms with Crippen LogP contribution in [0.25, 0.3) is 0 Å². The van der Waals surface area contributed by atoms with Gasteiger partial charge in [0.05, 0.1) is 0 Å². The van der Waals surface area contributed by atoms with Crippen LogP contribution in [0.15, 0.2) is 0 Å². The standard InChI is InChI=1S/C16H29N/c1-4-6-7-8-15-12-14(3)9-10-16(15)13-17-11-5-2/h14-17H,5,7-13H2,1-3H3. The monoisotopic (exact) mass is 235 g/mol. The highest BCUT2D eigenvalue weighted by Gasteiger charge is 2.27. The second-order valence-corrected chi connectivity index (χ2v) is 5.61. The Labute approximate surface area is 108 Å². The largest absolute Gasteiger partial charge is 0.316 e. The Kier molecular flexibility index (Phi) is 7.37. The Morgan fingerprint density at radius 1 is 1.24 bits per heavy atom. The molecule has 1 heteroatoms. The maximum absolute atomic E-state index is 3.60. The molecule has 1 aliphatic carbocycles. The second kappa shape index (κ2) is 8.59. The summed E-state index contributed by atoms with van der Waals surface area (Å²) in [5.41, 5.74) is 0. The highest BCUT2D eigenvalue weighted by Crippen LogP contribution is 2.35. The Balaban J connectivity index is 2.36. The van der Waals surface area contributed by atoms with Gasteiger partial charge in [-0.2, -0.15) is 0 Å². The molecule has 0 radical (unpaired) electrons. The maximum atomic E-state index is 3.60. The predicted molar refractivity (Wildman–Crippen MR) is 75.8 cm³/mol. The topological polar surface area (TPSA) is 12.0 Å². The van der Waals surface area contributed by atoms with Crippen LogP contribution in [0.2, 0.25) is 0 Å². The van der Waals surface area contributed by atoms with Crippen molar-refractivity contribution in [3.63, 3.8) is 0 Å². The minimum absolute atomic E-state index is 0.899. The van der Waals surface area contributed by atoms with Crippen LogP contribution in [-0.2, 0) is 0 Å². The summed E-state index contributed by atoms with van der Waals surface area (Å²) in [6.07, 6.45) is 7.91. The molecule has 0 aromatic heterocycles. The summed E-state index contributed by atoms with van der Waals surface area (Å²) >= 11 is 0. The van der Waals surface area contributed by atoms with E-state index in [9.17, 15) is 0 Å². The summed E-state index contributed by atoms with van der Waals surface area (Å²) in [6.45, 7) is 9.00. The van der Waals surface area contributed by atoms with Crippen LogP contribution < -0.4 is 5.32 Å². The zero-order valence-corrected chi connectivity index (χ0v) is 11.9. The lowest BCUT2D eigenvalue weighted by Gasteiger charge is -2.35. The number of rotatable bonds is 6. The molecule has 0 aliphatic heterocycles. The molecule has 1 N–H and O–H groups in total. The van der Waals surface area contributed by atoms with E-state index in [4.69, 9.17) is 0 Å². The summed E-state index contributed by atoms with van der Waals surface area (Å²) in [5, 5.41) is 3.60. The average molecular weight is 235 g/mol. The molecular weight excluding hydrogens is 206 g/mol. The lowest BCUT2D eigenvalue weighted by Crippen LogP contribution is -2.33. The Morgan fingerprint density at radius 3 is 2.76 bits per heavy atom. The first kappa shape index (κ1) is 14.6. The van der Waals surface area contributed by atoms with Crippen molar-refractivity contribution in [1.29, 1.82) is 0 Å². The van der Waals surface area contributed by atoms with Crippen LogP contribution in [0, 0.1) is 29.6 Å². The van der Waals surface area contributed by atoms with Gasteiger partial charge < -0.3 is 5.32 Å². The average Bonchev–Trinajstić information content (AvgIpc) is 2.32. The van der Waals surface area contributed by atoms with Gasteiger partial charge in [-0.05, 0) is 63.5 Å². The molecule has 0 amide bonds. The zero-order chi connectivity index (χ0) is 12.5. The molecule has 17 heavy (non-hydrogen) atoms. The SMILES string of the molecule is CC#CCCC1CC(C)CCC1CNCCC. The van der Waals surface area contributed by atoms with Crippen molar-refractivity contribution in [1.82, 2.24) is 5.32 Å². The van der Waals surface area contributed by atoms with Gasteiger partial charge in [0.25, 0.3) is 0 Å². The molecular formula is C16H29N. The van der Waals surface area contributed by atoms with Crippen molar-refractivity contribution in [2.45, 2.75) is 59.3 Å². The third kappa shape index (κ3) is 5.59. The highest BCUT2D eigenvalue weighted by molar-refractivity contribution is 4.95. The van der Waals surface area contributed by atoms with Gasteiger partial charge in [0.1, 0.15) is 0 Å². The Hall–Kier alpha value is -0.480. The first-order valence-electron chi connectivity index (χ1n) is 7.38. The minimum Gasteiger partial charge on any atom is -0.316 e. The molecule has 0 aromatic rings. The predicted octanol–water partition coefficient (Wildman–Crippen LogP) is 3.84. The number of nitrogens with one attached hydrogen (secondary N) is 1. The fourth-order valence-corrected chi connectivity index (χ4v) is 3.03. The molecule has 98 valence electrons. The molecule has 1 fully saturated rings. The molecule has 1 rings (SSSR count).